The van der Waals surface area contributed by atoms with Gasteiger partial charge in [-0.2, -0.15) is 0 Å². The van der Waals surface area contributed by atoms with Crippen LogP contribution in [0.25, 0.3) is 46.4 Å². The van der Waals surface area contributed by atoms with Gasteiger partial charge in [0.05, 0.1) is 22.8 Å². The summed E-state index contributed by atoms with van der Waals surface area (Å²) >= 11 is 0. The summed E-state index contributed by atoms with van der Waals surface area (Å²) in [7, 11) is -5.83. The maximum absolute atomic E-state index is 8.42. The third-order valence-electron chi connectivity index (χ3n) is 4.04. The van der Waals surface area contributed by atoms with E-state index in [-0.39, 0.29) is 58.4 Å². The van der Waals surface area contributed by atoms with Crippen LogP contribution in [-0.4, -0.2) is 34.6 Å². The van der Waals surface area contributed by atoms with Crippen LogP contribution in [0.3, 0.4) is 0 Å². The fourth-order valence-corrected chi connectivity index (χ4v) is 2.94. The monoisotopic (exact) mass is 620 g/mol. The van der Waals surface area contributed by atoms with Crippen molar-refractivity contribution in [2.75, 3.05) is 0 Å². The summed E-state index contributed by atoms with van der Waals surface area (Å²) < 4.78 is 0. The Morgan fingerprint density at radius 1 is 0.457 bits per heavy atom. The Balaban J connectivity index is 0.000000931. The zero-order chi connectivity index (χ0) is 23.1. The molecule has 0 fully saturated rings. The fourth-order valence-electron chi connectivity index (χ4n) is 2.94. The van der Waals surface area contributed by atoms with E-state index in [1.165, 1.54) is 0 Å². The molecule has 0 atom stereocenters. The predicted octanol–water partition coefficient (Wildman–Crippen LogP) is -3.25. The van der Waals surface area contributed by atoms with Gasteiger partial charge in [0, 0.05) is 22.1 Å². The third-order valence-corrected chi connectivity index (χ3v) is 4.04. The van der Waals surface area contributed by atoms with Crippen molar-refractivity contribution in [3.8, 4) is 0 Å². The molecule has 3 aromatic heterocycles. The molecule has 15 heteroatoms. The summed E-state index contributed by atoms with van der Waals surface area (Å²) in [4.78, 5) is 16.0. The van der Waals surface area contributed by atoms with E-state index in [2.05, 4.69) is 50.3 Å². The average Bonchev–Trinajstić information content (AvgIpc) is 3.46. The summed E-state index contributed by atoms with van der Waals surface area (Å²) in [5.41, 5.74) is 7.86. The number of H-pyrrole nitrogens is 2. The number of hydrogen-bond donors (Lipinski definition) is 2. The van der Waals surface area contributed by atoms with E-state index in [9.17, 15) is 0 Å². The van der Waals surface area contributed by atoms with E-state index >= 15 is 0 Å². The van der Waals surface area contributed by atoms with Crippen LogP contribution in [0.5, 0.6) is 0 Å². The second-order valence-electron chi connectivity index (χ2n) is 6.48. The number of aromatic nitrogens is 4. The molecule has 0 spiro atoms. The Bertz CT molecular complexity index is 1200. The predicted molar refractivity (Wildman–Crippen MR) is 110 cm³/mol. The van der Waals surface area contributed by atoms with Gasteiger partial charge >= 0.3 is 58.4 Å². The normalized spacial score (nSPS) is 10.2. The Morgan fingerprint density at radius 3 is 1.03 bits per heavy atom. The Morgan fingerprint density at radius 2 is 0.714 bits per heavy atom. The fraction of sp³-hybridized carbons (Fsp3) is 0. The van der Waals surface area contributed by atoms with E-state index in [1.54, 1.807) is 0 Å². The largest absolute Gasteiger partial charge is 2.00 e. The number of nitrogens with one attached hydrogen (secondary N) is 2. The molecular formula is C20H14B2N4O6Zn3. The first-order chi connectivity index (χ1) is 15.3. The molecule has 0 saturated heterocycles. The summed E-state index contributed by atoms with van der Waals surface area (Å²) in [6.07, 6.45) is 8.05. The summed E-state index contributed by atoms with van der Waals surface area (Å²) in [6.45, 7) is 0. The zero-order valence-electron chi connectivity index (χ0n) is 18.5. The SMILES string of the molecule is C1=Cc2cc3ccc(cc4ccc(cc5nc(cc1n2)C=C5)[nH]4)[nH]3.[O-]B([O-])[O-].[O-]B([O-])[O-].[Zn+2].[Zn+2].[Zn+2]. The molecule has 0 aromatic carbocycles. The second kappa shape index (κ2) is 16.2. The maximum atomic E-state index is 8.42. The van der Waals surface area contributed by atoms with Crippen LogP contribution in [0.2, 0.25) is 0 Å². The minimum Gasteiger partial charge on any atom is -0.907 e. The van der Waals surface area contributed by atoms with Gasteiger partial charge in [-0.3, -0.25) is 14.6 Å². The van der Waals surface area contributed by atoms with Crippen molar-refractivity contribution >= 4 is 61.0 Å². The molecule has 2 aliphatic rings. The van der Waals surface area contributed by atoms with Crippen molar-refractivity contribution in [2.45, 2.75) is 0 Å². The van der Waals surface area contributed by atoms with Crippen LogP contribution in [-0.2, 0) is 58.4 Å². The van der Waals surface area contributed by atoms with Crippen LogP contribution in [0.1, 0.15) is 22.8 Å². The summed E-state index contributed by atoms with van der Waals surface area (Å²) in [5, 5.41) is 50.5. The Kier molecular flexibility index (Phi) is 15.4. The van der Waals surface area contributed by atoms with Gasteiger partial charge in [-0.15, -0.1) is 0 Å². The summed E-state index contributed by atoms with van der Waals surface area (Å²) in [5.74, 6) is 0. The third kappa shape index (κ3) is 11.8. The van der Waals surface area contributed by atoms with Crippen LogP contribution < -0.4 is 30.1 Å². The van der Waals surface area contributed by atoms with Crippen molar-refractivity contribution in [2.24, 2.45) is 0 Å². The molecule has 2 aliphatic heterocycles. The minimum absolute atomic E-state index is 0. The van der Waals surface area contributed by atoms with Gasteiger partial charge in [-0.1, -0.05) is 0 Å². The van der Waals surface area contributed by atoms with E-state index in [0.717, 1.165) is 44.8 Å². The van der Waals surface area contributed by atoms with Gasteiger partial charge in [0.25, 0.3) is 0 Å². The molecule has 2 N–H and O–H groups in total. The molecule has 3 aromatic rings. The van der Waals surface area contributed by atoms with Gasteiger partial charge in [0.1, 0.15) is 0 Å². The van der Waals surface area contributed by atoms with Crippen molar-refractivity contribution in [1.29, 1.82) is 0 Å². The number of nitrogens with zero attached hydrogens (tertiary/aromatic N) is 2. The summed E-state index contributed by atoms with van der Waals surface area (Å²) in [6, 6.07) is 16.4. The van der Waals surface area contributed by atoms with Gasteiger partial charge in [0.2, 0.25) is 0 Å². The number of hydrogen-bond acceptors (Lipinski definition) is 8. The molecule has 35 heavy (non-hydrogen) atoms. The Hall–Kier alpha value is -1.64. The van der Waals surface area contributed by atoms with Crippen molar-refractivity contribution in [1.82, 2.24) is 19.9 Å². The van der Waals surface area contributed by atoms with Crippen LogP contribution in [0.15, 0.2) is 48.5 Å². The van der Waals surface area contributed by atoms with Crippen molar-refractivity contribution in [3.63, 3.8) is 0 Å². The van der Waals surface area contributed by atoms with Crippen LogP contribution in [0, 0.1) is 0 Å². The van der Waals surface area contributed by atoms with Crippen LogP contribution in [0.4, 0.5) is 0 Å². The van der Waals surface area contributed by atoms with Crippen molar-refractivity contribution < 1.29 is 88.6 Å². The zero-order valence-corrected chi connectivity index (χ0v) is 27.4. The van der Waals surface area contributed by atoms with Crippen molar-refractivity contribution in [3.05, 3.63) is 71.3 Å². The number of rotatable bonds is 0. The molecule has 5 heterocycles. The molecule has 10 nitrogen and oxygen atoms in total. The molecule has 0 aliphatic carbocycles. The van der Waals surface area contributed by atoms with Gasteiger partial charge in [-0.05, 0) is 72.8 Å². The average molecular weight is 624 g/mol. The van der Waals surface area contributed by atoms with Gasteiger partial charge in [-0.25, -0.2) is 9.97 Å². The first-order valence-corrected chi connectivity index (χ1v) is 9.26. The molecule has 5 rings (SSSR count). The quantitative estimate of drug-likeness (QED) is 0.168. The molecule has 0 amide bonds. The Labute approximate surface area is 239 Å². The second-order valence-corrected chi connectivity index (χ2v) is 6.48. The van der Waals surface area contributed by atoms with Gasteiger partial charge in [0.15, 0.2) is 0 Å². The molecular weight excluding hydrogens is 610 g/mol. The van der Waals surface area contributed by atoms with E-state index < -0.39 is 14.6 Å². The molecule has 0 saturated carbocycles. The van der Waals surface area contributed by atoms with Gasteiger partial charge < -0.3 is 40.1 Å². The molecule has 162 valence electrons. The molecule has 0 unspecified atom stereocenters. The molecule has 8 bridgehead atoms. The number of fused-ring (bicyclic) bond motifs is 8. The van der Waals surface area contributed by atoms with Crippen LogP contribution >= 0.6 is 0 Å². The van der Waals surface area contributed by atoms with E-state index in [1.807, 2.05) is 42.5 Å². The van der Waals surface area contributed by atoms with E-state index in [0.29, 0.717) is 0 Å². The van der Waals surface area contributed by atoms with E-state index in [4.69, 9.17) is 30.1 Å². The number of aromatic amines is 2. The smallest absolute Gasteiger partial charge is 0.907 e. The first kappa shape index (κ1) is 33.4. The standard InChI is InChI=1S/C20H14N4.2BO3.3Zn/c1-2-14-10-16-5-6-18(23-16)12-20-8-7-19(24-20)11-17-4-3-15(22-17)9-13(1)21-14;2*2-1(3)4;;;/h1-12,21-22H;;;;;/q;2*-3;3*+2. The minimum atomic E-state index is -2.92. The first-order valence-electron chi connectivity index (χ1n) is 9.26. The molecule has 0 radical (unpaired) electrons. The maximum Gasteiger partial charge on any atom is 2.00 e. The topological polar surface area (TPSA) is 196 Å².